The molecule has 0 fully saturated rings. The minimum atomic E-state index is -1.08. The minimum absolute atomic E-state index is 0. The maximum absolute atomic E-state index is 11.0. The lowest BCUT2D eigenvalue weighted by Gasteiger charge is -2.07. The maximum atomic E-state index is 11.0. The molecule has 7 N–H and O–H groups in total. The van der Waals surface area contributed by atoms with Crippen molar-refractivity contribution >= 4 is 17.7 Å². The molecule has 0 aliphatic heterocycles. The third-order valence-electron chi connectivity index (χ3n) is 2.95. The van der Waals surface area contributed by atoms with E-state index in [-0.39, 0.29) is 18.3 Å². The highest BCUT2D eigenvalue weighted by Gasteiger charge is 2.13. The summed E-state index contributed by atoms with van der Waals surface area (Å²) in [5.74, 6) is -2.16. The van der Waals surface area contributed by atoms with Gasteiger partial charge in [0.1, 0.15) is 17.5 Å². The summed E-state index contributed by atoms with van der Waals surface area (Å²) in [4.78, 5) is 32.2. The highest BCUT2D eigenvalue weighted by molar-refractivity contribution is 6.33. The van der Waals surface area contributed by atoms with Crippen LogP contribution in [0.15, 0.2) is 54.6 Å². The fourth-order valence-corrected chi connectivity index (χ4v) is 1.64. The molecule has 0 aromatic heterocycles. The van der Waals surface area contributed by atoms with Crippen LogP contribution in [0.3, 0.4) is 0 Å². The van der Waals surface area contributed by atoms with Crippen molar-refractivity contribution in [3.8, 4) is 11.5 Å². The Morgan fingerprint density at radius 1 is 1.04 bits per heavy atom. The van der Waals surface area contributed by atoms with Crippen LogP contribution in [-0.4, -0.2) is 34.0 Å². The molecule has 0 saturated heterocycles. The predicted octanol–water partition coefficient (Wildman–Crippen LogP) is 1.69. The van der Waals surface area contributed by atoms with E-state index in [1.165, 1.54) is 12.1 Å². The zero-order valence-electron chi connectivity index (χ0n) is 14.3. The number of phenols is 1. The summed E-state index contributed by atoms with van der Waals surface area (Å²) in [7, 11) is 0. The monoisotopic (exact) mass is 362 g/mol. The molecule has 2 aromatic rings. The molecule has 26 heavy (non-hydrogen) atoms. The van der Waals surface area contributed by atoms with Gasteiger partial charge in [0.15, 0.2) is 0 Å². The van der Waals surface area contributed by atoms with Crippen molar-refractivity contribution in [3.05, 3.63) is 60.2 Å². The first-order chi connectivity index (χ1) is 11.8. The third kappa shape index (κ3) is 8.57. The predicted molar refractivity (Wildman–Crippen MR) is 95.2 cm³/mol. The zero-order chi connectivity index (χ0) is 18.8. The SMILES string of the molecule is CC(=O)C(=O)Oc1ccc(C[C@H](N)C(=O)O)cc1.N.Oc1ccccc1. The molecular formula is C18H22N2O6. The van der Waals surface area contributed by atoms with Gasteiger partial charge < -0.3 is 26.8 Å². The number of carbonyl (C=O) groups is 3. The third-order valence-corrected chi connectivity index (χ3v) is 2.95. The van der Waals surface area contributed by atoms with Crippen LogP contribution in [0.2, 0.25) is 0 Å². The number of benzene rings is 2. The molecule has 140 valence electrons. The average Bonchev–Trinajstić information content (AvgIpc) is 2.57. The highest BCUT2D eigenvalue weighted by Crippen LogP contribution is 2.13. The number of Topliss-reactive ketones (excluding diaryl/α,β-unsaturated/α-hetero) is 1. The quantitative estimate of drug-likeness (QED) is 0.355. The second-order valence-electron chi connectivity index (χ2n) is 5.07. The fraction of sp³-hybridized carbons (Fsp3) is 0.167. The van der Waals surface area contributed by atoms with Crippen LogP contribution >= 0.6 is 0 Å². The number of aromatic hydroxyl groups is 1. The number of para-hydroxylation sites is 1. The Morgan fingerprint density at radius 3 is 1.96 bits per heavy atom. The molecule has 0 aliphatic rings. The molecule has 8 heteroatoms. The van der Waals surface area contributed by atoms with Gasteiger partial charge in [-0.15, -0.1) is 0 Å². The van der Waals surface area contributed by atoms with E-state index in [1.807, 2.05) is 6.07 Å². The number of hydrogen-bond donors (Lipinski definition) is 4. The number of nitrogens with two attached hydrogens (primary N) is 1. The smallest absolute Gasteiger partial charge is 0.379 e. The first-order valence-electron chi connectivity index (χ1n) is 7.33. The van der Waals surface area contributed by atoms with E-state index in [2.05, 4.69) is 0 Å². The molecule has 0 unspecified atom stereocenters. The molecule has 0 saturated carbocycles. The Kier molecular flexibility index (Phi) is 9.94. The lowest BCUT2D eigenvalue weighted by atomic mass is 10.1. The minimum Gasteiger partial charge on any atom is -0.508 e. The molecule has 0 aliphatic carbocycles. The van der Waals surface area contributed by atoms with E-state index < -0.39 is 23.8 Å². The van der Waals surface area contributed by atoms with Crippen molar-refractivity contribution in [1.82, 2.24) is 6.15 Å². The van der Waals surface area contributed by atoms with E-state index in [4.69, 9.17) is 20.7 Å². The van der Waals surface area contributed by atoms with Crippen LogP contribution in [-0.2, 0) is 20.8 Å². The molecule has 1 atom stereocenters. The molecule has 0 bridgehead atoms. The molecule has 0 spiro atoms. The van der Waals surface area contributed by atoms with Gasteiger partial charge in [-0.1, -0.05) is 30.3 Å². The van der Waals surface area contributed by atoms with Crippen molar-refractivity contribution in [2.45, 2.75) is 19.4 Å². The summed E-state index contributed by atoms with van der Waals surface area (Å²) in [5.41, 5.74) is 6.08. The maximum Gasteiger partial charge on any atom is 0.379 e. The Labute approximate surface area is 150 Å². The van der Waals surface area contributed by atoms with E-state index >= 15 is 0 Å². The first kappa shape index (κ1) is 22.8. The number of aliphatic carboxylic acids is 1. The Bertz CT molecular complexity index is 716. The lowest BCUT2D eigenvalue weighted by Crippen LogP contribution is -2.32. The number of hydrogen-bond acceptors (Lipinski definition) is 7. The number of carbonyl (C=O) groups excluding carboxylic acids is 2. The number of phenolic OH excluding ortho intramolecular Hbond substituents is 1. The largest absolute Gasteiger partial charge is 0.508 e. The van der Waals surface area contributed by atoms with E-state index in [9.17, 15) is 14.4 Å². The first-order valence-corrected chi connectivity index (χ1v) is 7.33. The summed E-state index contributed by atoms with van der Waals surface area (Å²) >= 11 is 0. The summed E-state index contributed by atoms with van der Waals surface area (Å²) in [6, 6.07) is 13.9. The van der Waals surface area contributed by atoms with Crippen molar-refractivity contribution in [1.29, 1.82) is 0 Å². The van der Waals surface area contributed by atoms with Crippen LogP contribution in [0.1, 0.15) is 12.5 Å². The zero-order valence-corrected chi connectivity index (χ0v) is 14.3. The second kappa shape index (κ2) is 11.3. The van der Waals surface area contributed by atoms with Crippen molar-refractivity contribution in [3.63, 3.8) is 0 Å². The lowest BCUT2D eigenvalue weighted by molar-refractivity contribution is -0.146. The van der Waals surface area contributed by atoms with Crippen LogP contribution < -0.4 is 16.6 Å². The van der Waals surface area contributed by atoms with Crippen LogP contribution in [0.4, 0.5) is 0 Å². The van der Waals surface area contributed by atoms with Gasteiger partial charge in [-0.3, -0.25) is 9.59 Å². The van der Waals surface area contributed by atoms with Crippen molar-refractivity contribution in [2.75, 3.05) is 0 Å². The van der Waals surface area contributed by atoms with E-state index in [1.54, 1.807) is 36.4 Å². The van der Waals surface area contributed by atoms with Gasteiger partial charge in [0.05, 0.1) is 0 Å². The summed E-state index contributed by atoms with van der Waals surface area (Å²) in [6.07, 6.45) is 0.177. The Balaban J connectivity index is 0.000000655. The molecule has 0 amide bonds. The number of carboxylic acid groups (broad SMARTS) is 1. The Morgan fingerprint density at radius 2 is 1.58 bits per heavy atom. The number of rotatable bonds is 5. The molecule has 0 heterocycles. The van der Waals surface area contributed by atoms with Crippen molar-refractivity contribution < 1.29 is 29.3 Å². The van der Waals surface area contributed by atoms with Crippen LogP contribution in [0.5, 0.6) is 11.5 Å². The molecule has 2 rings (SSSR count). The van der Waals surface area contributed by atoms with Gasteiger partial charge in [-0.25, -0.2) is 4.79 Å². The van der Waals surface area contributed by atoms with Gasteiger partial charge in [0.2, 0.25) is 5.78 Å². The number of carboxylic acids is 1. The average molecular weight is 362 g/mol. The van der Waals surface area contributed by atoms with Gasteiger partial charge in [-0.05, 0) is 36.2 Å². The molecule has 0 radical (unpaired) electrons. The fourth-order valence-electron chi connectivity index (χ4n) is 1.64. The van der Waals surface area contributed by atoms with Gasteiger partial charge in [0, 0.05) is 6.92 Å². The van der Waals surface area contributed by atoms with Crippen LogP contribution in [0, 0.1) is 0 Å². The van der Waals surface area contributed by atoms with Crippen molar-refractivity contribution in [2.24, 2.45) is 5.73 Å². The van der Waals surface area contributed by atoms with E-state index in [0.717, 1.165) is 6.92 Å². The summed E-state index contributed by atoms with van der Waals surface area (Å²) < 4.78 is 4.75. The van der Waals surface area contributed by atoms with Gasteiger partial charge in [-0.2, -0.15) is 0 Å². The highest BCUT2D eigenvalue weighted by atomic mass is 16.5. The normalized spacial score (nSPS) is 10.4. The molecule has 2 aromatic carbocycles. The number of ether oxygens (including phenoxy) is 1. The summed E-state index contributed by atoms with van der Waals surface area (Å²) in [5, 5.41) is 17.3. The topological polar surface area (TPSA) is 162 Å². The standard InChI is InChI=1S/C12H13NO5.C6H6O.H3N/c1-7(14)12(17)18-9-4-2-8(3-5-9)6-10(13)11(15)16;7-6-4-2-1-3-5-6;/h2-5,10H,6,13H2,1H3,(H,15,16);1-5,7H;1H3/t10-;;/m0../s1. The number of esters is 1. The second-order valence-corrected chi connectivity index (χ2v) is 5.07. The number of ketones is 1. The van der Waals surface area contributed by atoms with E-state index in [0.29, 0.717) is 11.3 Å². The Hall–Kier alpha value is -3.23. The summed E-state index contributed by atoms with van der Waals surface area (Å²) in [6.45, 7) is 1.11. The van der Waals surface area contributed by atoms with Gasteiger partial charge >= 0.3 is 11.9 Å². The van der Waals surface area contributed by atoms with Crippen LogP contribution in [0.25, 0.3) is 0 Å². The molecule has 8 nitrogen and oxygen atoms in total. The molecular weight excluding hydrogens is 340 g/mol. The van der Waals surface area contributed by atoms with Gasteiger partial charge in [0.25, 0.3) is 0 Å².